The van der Waals surface area contributed by atoms with Gasteiger partial charge in [0.1, 0.15) is 13.1 Å². The predicted octanol–water partition coefficient (Wildman–Crippen LogP) is 3.78. The Morgan fingerprint density at radius 3 is 2.62 bits per heavy atom. The average molecular weight is 402 g/mol. The smallest absolute Gasteiger partial charge is 0.268 e. The number of Topliss-reactive ketones (excluding diaryl/α,β-unsaturated/α-hetero) is 1. The highest BCUT2D eigenvalue weighted by molar-refractivity contribution is 5.89. The zero-order valence-electron chi connectivity index (χ0n) is 17.8. The zero-order chi connectivity index (χ0) is 20.4. The summed E-state index contributed by atoms with van der Waals surface area (Å²) in [6, 6.07) is 0. The number of carbonyl (C=O) groups excluding carboxylic acids is 2. The minimum absolute atomic E-state index is 0.0573. The Bertz CT molecular complexity index is 735. The van der Waals surface area contributed by atoms with Crippen molar-refractivity contribution in [3.63, 3.8) is 0 Å². The monoisotopic (exact) mass is 401 g/mol. The second kappa shape index (κ2) is 6.86. The van der Waals surface area contributed by atoms with Gasteiger partial charge >= 0.3 is 0 Å². The van der Waals surface area contributed by atoms with Crippen LogP contribution in [0, 0.1) is 40.9 Å². The van der Waals surface area contributed by atoms with Crippen molar-refractivity contribution in [2.75, 3.05) is 13.1 Å². The molecule has 6 heteroatoms. The normalized spacial score (nSPS) is 48.9. The Labute approximate surface area is 173 Å². The largest absolute Gasteiger partial charge is 0.390 e. The van der Waals surface area contributed by atoms with Crippen LogP contribution in [0.5, 0.6) is 0 Å². The molecule has 0 bridgehead atoms. The second-order valence-corrected chi connectivity index (χ2v) is 11.2. The first-order valence-corrected chi connectivity index (χ1v) is 11.7. The minimum Gasteiger partial charge on any atom is -0.390 e. The molecule has 0 aromatic heterocycles. The van der Waals surface area contributed by atoms with Crippen LogP contribution in [0.4, 0.5) is 0 Å². The van der Waals surface area contributed by atoms with Gasteiger partial charge in [0, 0.05) is 5.92 Å². The van der Waals surface area contributed by atoms with E-state index in [0.717, 1.165) is 49.9 Å². The first-order chi connectivity index (χ1) is 13.8. The fourth-order valence-electron chi connectivity index (χ4n) is 8.29. The lowest BCUT2D eigenvalue weighted by molar-refractivity contribution is -0.138. The highest BCUT2D eigenvalue weighted by atomic mass is 16.3. The van der Waals surface area contributed by atoms with E-state index < -0.39 is 5.60 Å². The van der Waals surface area contributed by atoms with Gasteiger partial charge in [-0.2, -0.15) is 5.11 Å². The second-order valence-electron chi connectivity index (χ2n) is 11.2. The molecule has 4 fully saturated rings. The summed E-state index contributed by atoms with van der Waals surface area (Å²) < 4.78 is 0. The molecule has 5 rings (SSSR count). The third kappa shape index (κ3) is 3.17. The van der Waals surface area contributed by atoms with Crippen molar-refractivity contribution >= 4 is 11.7 Å². The summed E-state index contributed by atoms with van der Waals surface area (Å²) >= 11 is 0. The molecule has 0 radical (unpaired) electrons. The van der Waals surface area contributed by atoms with E-state index in [9.17, 15) is 14.7 Å². The zero-order valence-corrected chi connectivity index (χ0v) is 17.8. The Morgan fingerprint density at radius 1 is 1.07 bits per heavy atom. The van der Waals surface area contributed by atoms with E-state index in [1.165, 1.54) is 30.7 Å². The maximum atomic E-state index is 13.1. The molecular formula is C23H35N3O3. The van der Waals surface area contributed by atoms with Crippen LogP contribution in [0.15, 0.2) is 10.3 Å². The summed E-state index contributed by atoms with van der Waals surface area (Å²) in [4.78, 5) is 25.0. The summed E-state index contributed by atoms with van der Waals surface area (Å²) in [6.07, 6.45) is 10.1. The molecule has 8 atom stereocenters. The summed E-state index contributed by atoms with van der Waals surface area (Å²) in [6.45, 7) is 4.56. The lowest BCUT2D eigenvalue weighted by Crippen LogP contribution is -2.51. The number of hydrogen-bond acceptors (Lipinski definition) is 5. The first-order valence-electron chi connectivity index (χ1n) is 11.7. The lowest BCUT2D eigenvalue weighted by atomic mass is 9.49. The highest BCUT2D eigenvalue weighted by Crippen LogP contribution is 2.64. The van der Waals surface area contributed by atoms with Crippen molar-refractivity contribution in [1.29, 1.82) is 0 Å². The molecule has 1 N–H and O–H groups in total. The fraction of sp³-hybridized carbons (Fsp3) is 0.913. The van der Waals surface area contributed by atoms with Crippen LogP contribution in [0.3, 0.4) is 0 Å². The fourth-order valence-corrected chi connectivity index (χ4v) is 8.29. The third-order valence-corrected chi connectivity index (χ3v) is 9.60. The molecule has 1 amide bonds. The number of carbonyl (C=O) groups is 2. The number of ketones is 1. The van der Waals surface area contributed by atoms with Gasteiger partial charge in [0.2, 0.25) is 0 Å². The Hall–Kier alpha value is -1.30. The van der Waals surface area contributed by atoms with Gasteiger partial charge in [-0.3, -0.25) is 9.59 Å². The van der Waals surface area contributed by atoms with Crippen LogP contribution < -0.4 is 0 Å². The Morgan fingerprint density at radius 2 is 1.86 bits per heavy atom. The number of nitrogens with zero attached hydrogens (tertiary/aromatic N) is 3. The van der Waals surface area contributed by atoms with Crippen molar-refractivity contribution < 1.29 is 14.7 Å². The van der Waals surface area contributed by atoms with Crippen molar-refractivity contribution in [1.82, 2.24) is 5.01 Å². The van der Waals surface area contributed by atoms with E-state index >= 15 is 0 Å². The van der Waals surface area contributed by atoms with Crippen molar-refractivity contribution in [3.8, 4) is 0 Å². The molecule has 0 spiro atoms. The number of hydrogen-bond donors (Lipinski definition) is 1. The molecular weight excluding hydrogens is 366 g/mol. The molecule has 0 aromatic carbocycles. The molecule has 0 saturated heterocycles. The number of rotatable bonds is 3. The quantitative estimate of drug-likeness (QED) is 0.781. The van der Waals surface area contributed by atoms with Crippen LogP contribution in [0.1, 0.15) is 71.6 Å². The van der Waals surface area contributed by atoms with Crippen LogP contribution >= 0.6 is 0 Å². The molecule has 6 nitrogen and oxygen atoms in total. The molecule has 160 valence electrons. The summed E-state index contributed by atoms with van der Waals surface area (Å²) in [5, 5.41) is 19.4. The number of fused-ring (bicyclic) bond motifs is 5. The molecule has 29 heavy (non-hydrogen) atoms. The topological polar surface area (TPSA) is 82.3 Å². The molecule has 0 unspecified atom stereocenters. The molecule has 4 aliphatic carbocycles. The van der Waals surface area contributed by atoms with Crippen LogP contribution in [-0.4, -0.2) is 40.5 Å². The van der Waals surface area contributed by atoms with Crippen LogP contribution in [-0.2, 0) is 9.59 Å². The summed E-state index contributed by atoms with van der Waals surface area (Å²) in [5.41, 5.74) is -0.391. The van der Waals surface area contributed by atoms with Gasteiger partial charge in [0.25, 0.3) is 5.91 Å². The Balaban J connectivity index is 1.30. The Kier molecular flexibility index (Phi) is 4.65. The van der Waals surface area contributed by atoms with Gasteiger partial charge in [-0.1, -0.05) is 12.1 Å². The number of amides is 1. The molecule has 0 aromatic rings. The van der Waals surface area contributed by atoms with E-state index in [0.29, 0.717) is 11.8 Å². The molecule has 1 heterocycles. The van der Waals surface area contributed by atoms with E-state index in [4.69, 9.17) is 0 Å². The lowest BCUT2D eigenvalue weighted by Gasteiger charge is -2.56. The number of aliphatic hydroxyl groups is 1. The van der Waals surface area contributed by atoms with Gasteiger partial charge in [0.15, 0.2) is 5.78 Å². The third-order valence-electron chi connectivity index (χ3n) is 9.60. The SMILES string of the molecule is C[C@@]1(O)CC[C@H]2[C@H](CC[C@@H]3[C@@H]2CC[C@]2(C)[C@@H](C(=O)CN4N=NCC4=O)CC[C@@H]32)C1. The molecule has 5 aliphatic rings. The van der Waals surface area contributed by atoms with Gasteiger partial charge in [-0.05, 0) is 99.7 Å². The van der Waals surface area contributed by atoms with Gasteiger partial charge in [-0.15, -0.1) is 0 Å². The first kappa shape index (κ1) is 19.7. The van der Waals surface area contributed by atoms with Gasteiger partial charge in [0.05, 0.1) is 5.60 Å². The highest BCUT2D eigenvalue weighted by Gasteiger charge is 2.58. The van der Waals surface area contributed by atoms with Crippen LogP contribution in [0.2, 0.25) is 0 Å². The van der Waals surface area contributed by atoms with Crippen molar-refractivity contribution in [2.45, 2.75) is 77.2 Å². The van der Waals surface area contributed by atoms with E-state index in [1.54, 1.807) is 0 Å². The van der Waals surface area contributed by atoms with Gasteiger partial charge < -0.3 is 5.11 Å². The van der Waals surface area contributed by atoms with Crippen LogP contribution in [0.25, 0.3) is 0 Å². The van der Waals surface area contributed by atoms with Crippen molar-refractivity contribution in [2.24, 2.45) is 51.3 Å². The summed E-state index contributed by atoms with van der Waals surface area (Å²) in [5.74, 6) is 3.70. The maximum Gasteiger partial charge on any atom is 0.268 e. The van der Waals surface area contributed by atoms with E-state index in [1.807, 2.05) is 6.92 Å². The van der Waals surface area contributed by atoms with Crippen molar-refractivity contribution in [3.05, 3.63) is 0 Å². The van der Waals surface area contributed by atoms with E-state index in [-0.39, 0.29) is 36.1 Å². The van der Waals surface area contributed by atoms with Gasteiger partial charge in [-0.25, -0.2) is 5.01 Å². The molecule has 4 saturated carbocycles. The predicted molar refractivity (Wildman–Crippen MR) is 108 cm³/mol. The average Bonchev–Trinajstić information content (AvgIpc) is 3.23. The standard InChI is InChI=1S/C23H35N3O3/c1-22(29)9-7-15-14(11-22)3-4-17-16(15)8-10-23(2)18(17)5-6-19(23)20(27)13-26-21(28)12-24-25-26/h14-19,29H,3-13H2,1-2H3/t14-,15+,16-,17-,18+,19-,22-,23+/m1/s1. The summed E-state index contributed by atoms with van der Waals surface area (Å²) in [7, 11) is 0. The maximum absolute atomic E-state index is 13.1. The van der Waals surface area contributed by atoms with E-state index in [2.05, 4.69) is 17.3 Å². The molecule has 1 aliphatic heterocycles. The minimum atomic E-state index is -0.466.